The Morgan fingerprint density at radius 3 is 2.80 bits per heavy atom. The van der Waals surface area contributed by atoms with Crippen molar-refractivity contribution in [2.24, 2.45) is 0 Å². The minimum absolute atomic E-state index is 0.321. The van der Waals surface area contributed by atoms with Crippen LogP contribution in [0.15, 0.2) is 18.2 Å². The maximum Gasteiger partial charge on any atom is 0.142 e. The molecule has 0 amide bonds. The van der Waals surface area contributed by atoms with E-state index in [4.69, 9.17) is 21.1 Å². The lowest BCUT2D eigenvalue weighted by molar-refractivity contribution is 0.153. The highest BCUT2D eigenvalue weighted by Crippen LogP contribution is 2.32. The Labute approximate surface area is 126 Å². The van der Waals surface area contributed by atoms with E-state index in [-0.39, 0.29) is 0 Å². The van der Waals surface area contributed by atoms with E-state index in [2.05, 4.69) is 11.4 Å². The first-order valence-electron chi connectivity index (χ1n) is 7.45. The molecule has 0 aliphatic heterocycles. The summed E-state index contributed by atoms with van der Waals surface area (Å²) in [5.41, 5.74) is 1.12. The van der Waals surface area contributed by atoms with Crippen molar-refractivity contribution in [3.05, 3.63) is 28.8 Å². The summed E-state index contributed by atoms with van der Waals surface area (Å²) < 4.78 is 11.2. The molecule has 0 heterocycles. The number of halogens is 1. The predicted molar refractivity (Wildman–Crippen MR) is 82.5 cm³/mol. The van der Waals surface area contributed by atoms with Crippen LogP contribution in [-0.2, 0) is 11.3 Å². The van der Waals surface area contributed by atoms with Crippen LogP contribution in [0.5, 0.6) is 5.75 Å². The van der Waals surface area contributed by atoms with Gasteiger partial charge in [-0.05, 0) is 31.7 Å². The Bertz CT molecular complexity index is 405. The Kier molecular flexibility index (Phi) is 6.64. The Morgan fingerprint density at radius 2 is 2.05 bits per heavy atom. The molecule has 0 saturated heterocycles. The summed E-state index contributed by atoms with van der Waals surface area (Å²) in [5.74, 6) is 0.853. The van der Waals surface area contributed by atoms with E-state index in [1.807, 2.05) is 12.1 Å². The monoisotopic (exact) mass is 297 g/mol. The van der Waals surface area contributed by atoms with Gasteiger partial charge in [0.05, 0.1) is 17.7 Å². The summed E-state index contributed by atoms with van der Waals surface area (Å²) >= 11 is 6.31. The fourth-order valence-corrected chi connectivity index (χ4v) is 2.81. The number of hydrogen-bond donors (Lipinski definition) is 1. The third-order valence-corrected chi connectivity index (χ3v) is 3.98. The zero-order chi connectivity index (χ0) is 14.2. The Morgan fingerprint density at radius 1 is 1.25 bits per heavy atom. The first-order chi connectivity index (χ1) is 9.81. The second-order valence-corrected chi connectivity index (χ2v) is 5.68. The number of hydrogen-bond acceptors (Lipinski definition) is 3. The molecule has 0 aromatic heterocycles. The molecule has 1 aromatic rings. The van der Waals surface area contributed by atoms with Crippen molar-refractivity contribution in [2.75, 3.05) is 20.3 Å². The summed E-state index contributed by atoms with van der Waals surface area (Å²) in [5, 5.41) is 4.05. The van der Waals surface area contributed by atoms with Crippen molar-refractivity contribution in [1.29, 1.82) is 0 Å². The molecule has 0 atom stereocenters. The average Bonchev–Trinajstić information content (AvgIpc) is 2.48. The van der Waals surface area contributed by atoms with E-state index in [1.54, 1.807) is 7.11 Å². The van der Waals surface area contributed by atoms with Crippen LogP contribution in [-0.4, -0.2) is 26.4 Å². The van der Waals surface area contributed by atoms with Gasteiger partial charge in [0.15, 0.2) is 0 Å². The first-order valence-corrected chi connectivity index (χ1v) is 7.82. The highest BCUT2D eigenvalue weighted by molar-refractivity contribution is 6.32. The molecule has 2 rings (SSSR count). The van der Waals surface area contributed by atoms with Gasteiger partial charge in [-0.1, -0.05) is 30.2 Å². The van der Waals surface area contributed by atoms with E-state index < -0.39 is 0 Å². The molecule has 4 heteroatoms. The molecule has 0 radical (unpaired) electrons. The topological polar surface area (TPSA) is 30.5 Å². The molecule has 20 heavy (non-hydrogen) atoms. The second kappa shape index (κ2) is 8.50. The maximum atomic E-state index is 6.31. The van der Waals surface area contributed by atoms with E-state index >= 15 is 0 Å². The van der Waals surface area contributed by atoms with Crippen LogP contribution in [0.4, 0.5) is 0 Å². The average molecular weight is 298 g/mol. The molecular weight excluding hydrogens is 274 g/mol. The third kappa shape index (κ3) is 4.65. The van der Waals surface area contributed by atoms with Gasteiger partial charge >= 0.3 is 0 Å². The number of ether oxygens (including phenoxy) is 2. The van der Waals surface area contributed by atoms with Gasteiger partial charge in [0.1, 0.15) is 5.75 Å². The minimum atomic E-state index is 0.321. The minimum Gasteiger partial charge on any atom is -0.489 e. The van der Waals surface area contributed by atoms with E-state index in [0.29, 0.717) is 17.7 Å². The smallest absolute Gasteiger partial charge is 0.142 e. The molecule has 0 spiro atoms. The fourth-order valence-electron chi connectivity index (χ4n) is 2.57. The highest BCUT2D eigenvalue weighted by atomic mass is 35.5. The van der Waals surface area contributed by atoms with Crippen molar-refractivity contribution in [3.8, 4) is 5.75 Å². The number of para-hydroxylation sites is 1. The quantitative estimate of drug-likeness (QED) is 0.777. The number of rotatable bonds is 7. The van der Waals surface area contributed by atoms with Gasteiger partial charge in [-0.3, -0.25) is 0 Å². The second-order valence-electron chi connectivity index (χ2n) is 5.28. The van der Waals surface area contributed by atoms with Crippen molar-refractivity contribution < 1.29 is 9.47 Å². The van der Waals surface area contributed by atoms with Gasteiger partial charge < -0.3 is 14.8 Å². The molecule has 1 aromatic carbocycles. The van der Waals surface area contributed by atoms with Gasteiger partial charge in [-0.25, -0.2) is 0 Å². The van der Waals surface area contributed by atoms with Crippen LogP contribution in [0.25, 0.3) is 0 Å². The normalized spacial score (nSPS) is 16.3. The first kappa shape index (κ1) is 15.6. The van der Waals surface area contributed by atoms with E-state index in [9.17, 15) is 0 Å². The van der Waals surface area contributed by atoms with Crippen LogP contribution in [0, 0.1) is 0 Å². The molecule has 1 N–H and O–H groups in total. The van der Waals surface area contributed by atoms with Crippen molar-refractivity contribution >= 4 is 11.6 Å². The fraction of sp³-hybridized carbons (Fsp3) is 0.625. The third-order valence-electron chi connectivity index (χ3n) is 3.68. The molecule has 1 fully saturated rings. The van der Waals surface area contributed by atoms with E-state index in [1.165, 1.54) is 19.3 Å². The lowest BCUT2D eigenvalue weighted by atomic mass is 9.97. The molecular formula is C16H24ClNO2. The van der Waals surface area contributed by atoms with Gasteiger partial charge in [0.2, 0.25) is 0 Å². The maximum absolute atomic E-state index is 6.31. The van der Waals surface area contributed by atoms with Crippen LogP contribution in [0.1, 0.15) is 37.7 Å². The molecule has 1 saturated carbocycles. The van der Waals surface area contributed by atoms with Crippen molar-refractivity contribution in [2.45, 2.75) is 44.8 Å². The van der Waals surface area contributed by atoms with Crippen LogP contribution < -0.4 is 10.1 Å². The van der Waals surface area contributed by atoms with Crippen LogP contribution in [0.2, 0.25) is 5.02 Å². The van der Waals surface area contributed by atoms with Gasteiger partial charge in [0.25, 0.3) is 0 Å². The van der Waals surface area contributed by atoms with Gasteiger partial charge in [0, 0.05) is 25.8 Å². The van der Waals surface area contributed by atoms with Crippen molar-refractivity contribution in [3.63, 3.8) is 0 Å². The summed E-state index contributed by atoms with van der Waals surface area (Å²) in [6.07, 6.45) is 6.45. The Hall–Kier alpha value is -0.770. The zero-order valence-corrected chi connectivity index (χ0v) is 12.9. The SMILES string of the molecule is COCCNCc1cccc(Cl)c1OC1CCCCC1. The van der Waals surface area contributed by atoms with Crippen LogP contribution in [0.3, 0.4) is 0 Å². The lowest BCUT2D eigenvalue weighted by Crippen LogP contribution is -2.22. The largest absolute Gasteiger partial charge is 0.489 e. The zero-order valence-electron chi connectivity index (χ0n) is 12.2. The molecule has 0 bridgehead atoms. The molecule has 3 nitrogen and oxygen atoms in total. The number of methoxy groups -OCH3 is 1. The number of benzene rings is 1. The molecule has 112 valence electrons. The lowest BCUT2D eigenvalue weighted by Gasteiger charge is -2.25. The Balaban J connectivity index is 1.97. The summed E-state index contributed by atoms with van der Waals surface area (Å²) in [4.78, 5) is 0. The summed E-state index contributed by atoms with van der Waals surface area (Å²) in [7, 11) is 1.71. The molecule has 1 aliphatic rings. The molecule has 1 aliphatic carbocycles. The standard InChI is InChI=1S/C16H24ClNO2/c1-19-11-10-18-12-13-6-5-9-15(17)16(13)20-14-7-3-2-4-8-14/h5-6,9,14,18H,2-4,7-8,10-12H2,1H3. The molecule has 0 unspecified atom stereocenters. The summed E-state index contributed by atoms with van der Waals surface area (Å²) in [6.45, 7) is 2.29. The number of nitrogens with one attached hydrogen (secondary N) is 1. The van der Waals surface area contributed by atoms with Crippen molar-refractivity contribution in [1.82, 2.24) is 5.32 Å². The van der Waals surface area contributed by atoms with Crippen LogP contribution >= 0.6 is 11.6 Å². The summed E-state index contributed by atoms with van der Waals surface area (Å²) in [6, 6.07) is 5.95. The highest BCUT2D eigenvalue weighted by Gasteiger charge is 2.18. The van der Waals surface area contributed by atoms with Gasteiger partial charge in [-0.15, -0.1) is 0 Å². The van der Waals surface area contributed by atoms with Gasteiger partial charge in [-0.2, -0.15) is 0 Å². The predicted octanol–water partition coefficient (Wildman–Crippen LogP) is 3.79. The van der Waals surface area contributed by atoms with E-state index in [0.717, 1.165) is 37.2 Å².